The van der Waals surface area contributed by atoms with Gasteiger partial charge in [-0.1, -0.05) is 25.1 Å². The molecular weight excluding hydrogens is 278 g/mol. The number of amidine groups is 1. The van der Waals surface area contributed by atoms with Crippen LogP contribution in [0, 0.1) is 19.3 Å². The monoisotopic (exact) mass is 299 g/mol. The molecule has 0 unspecified atom stereocenters. The van der Waals surface area contributed by atoms with Crippen molar-refractivity contribution in [3.8, 4) is 0 Å². The Kier molecular flexibility index (Phi) is 4.77. The number of hydrogen-bond donors (Lipinski definition) is 3. The molecule has 7 heteroatoms. The van der Waals surface area contributed by atoms with Gasteiger partial charge >= 0.3 is 0 Å². The molecule has 0 bridgehead atoms. The molecule has 0 radical (unpaired) electrons. The average molecular weight is 299 g/mol. The van der Waals surface area contributed by atoms with Crippen LogP contribution in [0.5, 0.6) is 0 Å². The van der Waals surface area contributed by atoms with Gasteiger partial charge in [0.05, 0.1) is 4.90 Å². The topological polar surface area (TPSA) is 105 Å². The molecule has 0 saturated carbocycles. The Morgan fingerprint density at radius 2 is 1.95 bits per heavy atom. The number of rotatable bonds is 5. The van der Waals surface area contributed by atoms with Crippen LogP contribution < -0.4 is 10.5 Å². The number of sulfonamides is 1. The molecule has 0 fully saturated rings. The van der Waals surface area contributed by atoms with Gasteiger partial charge in [-0.15, -0.1) is 0 Å². The molecule has 0 aliphatic carbocycles. The van der Waals surface area contributed by atoms with E-state index in [1.165, 1.54) is 0 Å². The summed E-state index contributed by atoms with van der Waals surface area (Å²) in [5, 5.41) is 11.6. The standard InChI is InChI=1S/C13H21N3O3S/c1-9-5-6-11(7-10(9)2)20(18,19)15-8-13(3,4)12(14)16-17/h5-7,15,17H,8H2,1-4H3,(H2,14,16). The highest BCUT2D eigenvalue weighted by Gasteiger charge is 2.26. The molecule has 0 aliphatic heterocycles. The van der Waals surface area contributed by atoms with Crippen molar-refractivity contribution >= 4 is 15.9 Å². The molecule has 20 heavy (non-hydrogen) atoms. The van der Waals surface area contributed by atoms with Gasteiger partial charge in [0.25, 0.3) is 0 Å². The van der Waals surface area contributed by atoms with Crippen LogP contribution in [0.15, 0.2) is 28.3 Å². The molecule has 6 nitrogen and oxygen atoms in total. The Morgan fingerprint density at radius 1 is 1.35 bits per heavy atom. The first-order chi connectivity index (χ1) is 9.10. The number of nitrogens with one attached hydrogen (secondary N) is 1. The van der Waals surface area contributed by atoms with E-state index in [0.29, 0.717) is 0 Å². The molecule has 0 saturated heterocycles. The summed E-state index contributed by atoms with van der Waals surface area (Å²) in [6.07, 6.45) is 0. The molecule has 1 aromatic carbocycles. The van der Waals surface area contributed by atoms with Gasteiger partial charge in [0.2, 0.25) is 10.0 Å². The van der Waals surface area contributed by atoms with Gasteiger partial charge in [0.15, 0.2) is 0 Å². The van der Waals surface area contributed by atoms with Crippen LogP contribution in [0.4, 0.5) is 0 Å². The van der Waals surface area contributed by atoms with Crippen molar-refractivity contribution in [1.29, 1.82) is 0 Å². The predicted molar refractivity (Wildman–Crippen MR) is 78.3 cm³/mol. The molecule has 1 aromatic rings. The summed E-state index contributed by atoms with van der Waals surface area (Å²) >= 11 is 0. The number of nitrogens with two attached hydrogens (primary N) is 1. The number of oxime groups is 1. The molecule has 0 atom stereocenters. The van der Waals surface area contributed by atoms with E-state index in [9.17, 15) is 8.42 Å². The smallest absolute Gasteiger partial charge is 0.240 e. The van der Waals surface area contributed by atoms with E-state index in [1.807, 2.05) is 13.8 Å². The maximum absolute atomic E-state index is 12.2. The van der Waals surface area contributed by atoms with Crippen molar-refractivity contribution in [2.24, 2.45) is 16.3 Å². The highest BCUT2D eigenvalue weighted by Crippen LogP contribution is 2.17. The molecule has 0 aliphatic rings. The molecule has 1 rings (SSSR count). The first kappa shape index (κ1) is 16.5. The largest absolute Gasteiger partial charge is 0.409 e. The van der Waals surface area contributed by atoms with Crippen molar-refractivity contribution in [3.63, 3.8) is 0 Å². The number of nitrogens with zero attached hydrogens (tertiary/aromatic N) is 1. The Labute approximate surface area is 119 Å². The third-order valence-electron chi connectivity index (χ3n) is 3.29. The second-order valence-corrected chi connectivity index (χ2v) is 7.21. The van der Waals surface area contributed by atoms with Crippen molar-refractivity contribution in [3.05, 3.63) is 29.3 Å². The van der Waals surface area contributed by atoms with E-state index in [-0.39, 0.29) is 17.3 Å². The first-order valence-corrected chi connectivity index (χ1v) is 7.63. The minimum Gasteiger partial charge on any atom is -0.409 e. The maximum atomic E-state index is 12.2. The Hall–Kier alpha value is -1.60. The number of benzene rings is 1. The zero-order valence-electron chi connectivity index (χ0n) is 12.1. The first-order valence-electron chi connectivity index (χ1n) is 6.15. The van der Waals surface area contributed by atoms with Gasteiger partial charge in [-0.2, -0.15) is 0 Å². The van der Waals surface area contributed by atoms with Crippen molar-refractivity contribution < 1.29 is 13.6 Å². The molecule has 4 N–H and O–H groups in total. The van der Waals surface area contributed by atoms with Crippen molar-refractivity contribution in [2.45, 2.75) is 32.6 Å². The summed E-state index contributed by atoms with van der Waals surface area (Å²) in [6.45, 7) is 7.18. The normalized spacial score (nSPS) is 13.5. The Bertz CT molecular complexity index is 622. The van der Waals surface area contributed by atoms with Gasteiger partial charge in [-0.25, -0.2) is 13.1 Å². The summed E-state index contributed by atoms with van der Waals surface area (Å²) in [7, 11) is -3.62. The van der Waals surface area contributed by atoms with Gasteiger partial charge in [-0.05, 0) is 37.1 Å². The van der Waals surface area contributed by atoms with E-state index in [4.69, 9.17) is 10.9 Å². The zero-order chi connectivity index (χ0) is 15.6. The quantitative estimate of drug-likeness (QED) is 0.330. The van der Waals surface area contributed by atoms with E-state index in [1.54, 1.807) is 32.0 Å². The molecule has 0 spiro atoms. The van der Waals surface area contributed by atoms with Crippen LogP contribution >= 0.6 is 0 Å². The summed E-state index contributed by atoms with van der Waals surface area (Å²) in [5.41, 5.74) is 6.69. The fraction of sp³-hybridized carbons (Fsp3) is 0.462. The number of aryl methyl sites for hydroxylation is 2. The second kappa shape index (κ2) is 5.80. The minimum absolute atomic E-state index is 0.0275. The SMILES string of the molecule is Cc1ccc(S(=O)(=O)NCC(C)(C)/C(N)=N/O)cc1C. The van der Waals surface area contributed by atoms with E-state index < -0.39 is 15.4 Å². The zero-order valence-corrected chi connectivity index (χ0v) is 13.0. The second-order valence-electron chi connectivity index (χ2n) is 5.44. The highest BCUT2D eigenvalue weighted by molar-refractivity contribution is 7.89. The summed E-state index contributed by atoms with van der Waals surface area (Å²) in [4.78, 5) is 0.205. The van der Waals surface area contributed by atoms with E-state index >= 15 is 0 Å². The third-order valence-corrected chi connectivity index (χ3v) is 4.69. The lowest BCUT2D eigenvalue weighted by molar-refractivity contribution is 0.307. The molecule has 112 valence electrons. The third kappa shape index (κ3) is 3.71. The van der Waals surface area contributed by atoms with Crippen LogP contribution in [0.2, 0.25) is 0 Å². The van der Waals surface area contributed by atoms with Gasteiger partial charge in [-0.3, -0.25) is 0 Å². The Morgan fingerprint density at radius 3 is 2.45 bits per heavy atom. The summed E-state index contributed by atoms with van der Waals surface area (Å²) in [5.74, 6) is -0.0275. The van der Waals surface area contributed by atoms with Gasteiger partial charge in [0.1, 0.15) is 5.84 Å². The van der Waals surface area contributed by atoms with Crippen LogP contribution in [-0.2, 0) is 10.0 Å². The highest BCUT2D eigenvalue weighted by atomic mass is 32.2. The molecule has 0 amide bonds. The fourth-order valence-electron chi connectivity index (χ4n) is 1.47. The fourth-order valence-corrected chi connectivity index (χ4v) is 2.76. The van der Waals surface area contributed by atoms with Crippen molar-refractivity contribution in [2.75, 3.05) is 6.54 Å². The molecule has 0 heterocycles. The van der Waals surface area contributed by atoms with Crippen LogP contribution in [-0.4, -0.2) is 26.0 Å². The van der Waals surface area contributed by atoms with E-state index in [2.05, 4.69) is 9.88 Å². The molecule has 0 aromatic heterocycles. The average Bonchev–Trinajstić information content (AvgIpc) is 2.38. The lowest BCUT2D eigenvalue weighted by Crippen LogP contribution is -2.42. The lowest BCUT2D eigenvalue weighted by Gasteiger charge is -2.23. The summed E-state index contributed by atoms with van der Waals surface area (Å²) in [6, 6.07) is 4.94. The van der Waals surface area contributed by atoms with Crippen LogP contribution in [0.1, 0.15) is 25.0 Å². The van der Waals surface area contributed by atoms with Crippen LogP contribution in [0.25, 0.3) is 0 Å². The van der Waals surface area contributed by atoms with Gasteiger partial charge < -0.3 is 10.9 Å². The minimum atomic E-state index is -3.62. The van der Waals surface area contributed by atoms with Gasteiger partial charge in [0, 0.05) is 12.0 Å². The maximum Gasteiger partial charge on any atom is 0.240 e. The summed E-state index contributed by atoms with van der Waals surface area (Å²) < 4.78 is 26.9. The predicted octanol–water partition coefficient (Wildman–Crippen LogP) is 1.35. The van der Waals surface area contributed by atoms with Crippen LogP contribution in [0.3, 0.4) is 0 Å². The number of hydrogen-bond acceptors (Lipinski definition) is 4. The lowest BCUT2D eigenvalue weighted by atomic mass is 9.93. The van der Waals surface area contributed by atoms with Crippen molar-refractivity contribution in [1.82, 2.24) is 4.72 Å². The van der Waals surface area contributed by atoms with E-state index in [0.717, 1.165) is 11.1 Å². The Balaban J connectivity index is 2.94. The molecular formula is C13H21N3O3S.